The number of likely N-dealkylation sites (N-methyl/N-ethyl adjacent to an activating group) is 1. The first-order valence-electron chi connectivity index (χ1n) is 7.73. The van der Waals surface area contributed by atoms with E-state index in [1.54, 1.807) is 31.2 Å². The largest absolute Gasteiger partial charge is 0.481 e. The van der Waals surface area contributed by atoms with E-state index in [2.05, 4.69) is 17.3 Å². The highest BCUT2D eigenvalue weighted by atomic mass is 16.5. The molecule has 0 aromatic heterocycles. The van der Waals surface area contributed by atoms with E-state index in [0.29, 0.717) is 23.9 Å². The molecule has 1 aliphatic heterocycles. The number of likely N-dealkylation sites (tertiary alicyclic amines) is 1. The van der Waals surface area contributed by atoms with E-state index in [9.17, 15) is 9.59 Å². The minimum atomic E-state index is -0.589. The highest BCUT2D eigenvalue weighted by Gasteiger charge is 2.22. The zero-order chi connectivity index (χ0) is 16.1. The highest BCUT2D eigenvalue weighted by Crippen LogP contribution is 2.16. The fraction of sp³-hybridized carbons (Fsp3) is 0.529. The summed E-state index contributed by atoms with van der Waals surface area (Å²) < 4.78 is 5.63. The van der Waals surface area contributed by atoms with Crippen LogP contribution in [-0.2, 0) is 4.79 Å². The zero-order valence-electron chi connectivity index (χ0n) is 13.5. The molecule has 0 saturated carbocycles. The molecule has 1 aromatic rings. The van der Waals surface area contributed by atoms with Gasteiger partial charge >= 0.3 is 0 Å². The topological polar surface area (TPSA) is 58.6 Å². The number of rotatable bonds is 6. The van der Waals surface area contributed by atoms with Gasteiger partial charge in [0, 0.05) is 18.2 Å². The van der Waals surface area contributed by atoms with E-state index in [4.69, 9.17) is 4.74 Å². The molecule has 1 aliphatic rings. The predicted molar refractivity (Wildman–Crippen MR) is 85.2 cm³/mol. The van der Waals surface area contributed by atoms with Crippen molar-refractivity contribution in [3.8, 4) is 5.75 Å². The van der Waals surface area contributed by atoms with Crippen molar-refractivity contribution in [2.24, 2.45) is 0 Å². The van der Waals surface area contributed by atoms with Crippen LogP contribution in [0.15, 0.2) is 24.3 Å². The second-order valence-corrected chi connectivity index (χ2v) is 5.87. The van der Waals surface area contributed by atoms with Crippen LogP contribution in [0.1, 0.15) is 37.0 Å². The average molecular weight is 304 g/mol. The Morgan fingerprint density at radius 2 is 2.23 bits per heavy atom. The maximum atomic E-state index is 12.1. The summed E-state index contributed by atoms with van der Waals surface area (Å²) in [6.07, 6.45) is 1.71. The third-order valence-electron chi connectivity index (χ3n) is 4.11. The van der Waals surface area contributed by atoms with E-state index >= 15 is 0 Å². The summed E-state index contributed by atoms with van der Waals surface area (Å²) in [6, 6.07) is 7.31. The van der Waals surface area contributed by atoms with Gasteiger partial charge in [-0.1, -0.05) is 12.1 Å². The molecule has 5 heteroatoms. The Hall–Kier alpha value is -1.88. The van der Waals surface area contributed by atoms with Gasteiger partial charge in [-0.05, 0) is 52.4 Å². The van der Waals surface area contributed by atoms with Crippen LogP contribution in [0.2, 0.25) is 0 Å². The summed E-state index contributed by atoms with van der Waals surface area (Å²) in [5.74, 6) is 0.383. The van der Waals surface area contributed by atoms with E-state index in [1.165, 1.54) is 13.3 Å². The van der Waals surface area contributed by atoms with Crippen molar-refractivity contribution in [2.45, 2.75) is 38.8 Å². The molecule has 0 spiro atoms. The predicted octanol–water partition coefficient (Wildman–Crippen LogP) is 1.87. The van der Waals surface area contributed by atoms with Gasteiger partial charge in [-0.15, -0.1) is 0 Å². The molecule has 1 heterocycles. The molecule has 1 aromatic carbocycles. The molecule has 0 unspecified atom stereocenters. The van der Waals surface area contributed by atoms with Gasteiger partial charge in [-0.2, -0.15) is 0 Å². The van der Waals surface area contributed by atoms with Gasteiger partial charge in [-0.25, -0.2) is 0 Å². The summed E-state index contributed by atoms with van der Waals surface area (Å²) in [4.78, 5) is 25.7. The van der Waals surface area contributed by atoms with Crippen molar-refractivity contribution >= 4 is 11.7 Å². The van der Waals surface area contributed by atoms with Gasteiger partial charge in [0.2, 0.25) is 0 Å². The maximum absolute atomic E-state index is 12.1. The van der Waals surface area contributed by atoms with Crippen LogP contribution in [-0.4, -0.2) is 48.9 Å². The van der Waals surface area contributed by atoms with E-state index < -0.39 is 6.10 Å². The summed E-state index contributed by atoms with van der Waals surface area (Å²) in [6.45, 7) is 4.96. The van der Waals surface area contributed by atoms with Crippen LogP contribution < -0.4 is 10.1 Å². The van der Waals surface area contributed by atoms with E-state index in [1.807, 2.05) is 0 Å². The van der Waals surface area contributed by atoms with Crippen molar-refractivity contribution in [2.75, 3.05) is 20.1 Å². The zero-order valence-corrected chi connectivity index (χ0v) is 13.5. The Balaban J connectivity index is 1.85. The number of ether oxygens (including phenoxy) is 1. The number of ketones is 1. The first-order chi connectivity index (χ1) is 10.5. The number of Topliss-reactive ketones (excluding diaryl/α,β-unsaturated/α-hetero) is 1. The first kappa shape index (κ1) is 16.5. The lowest BCUT2D eigenvalue weighted by Crippen LogP contribution is -2.43. The molecule has 120 valence electrons. The van der Waals surface area contributed by atoms with Crippen molar-refractivity contribution < 1.29 is 14.3 Å². The van der Waals surface area contributed by atoms with Gasteiger partial charge in [0.15, 0.2) is 11.9 Å². The third kappa shape index (κ3) is 4.31. The Bertz CT molecular complexity index is 544. The minimum absolute atomic E-state index is 0.0215. The van der Waals surface area contributed by atoms with Crippen molar-refractivity contribution in [1.29, 1.82) is 0 Å². The number of benzene rings is 1. The number of carbonyl (C=O) groups excluding carboxylic acids is 2. The van der Waals surface area contributed by atoms with Crippen LogP contribution in [0.3, 0.4) is 0 Å². The molecule has 0 radical (unpaired) electrons. The minimum Gasteiger partial charge on any atom is -0.481 e. The number of nitrogens with zero attached hydrogens (tertiary/aromatic N) is 1. The lowest BCUT2D eigenvalue weighted by molar-refractivity contribution is -0.127. The number of hydrogen-bond donors (Lipinski definition) is 1. The smallest absolute Gasteiger partial charge is 0.260 e. The molecule has 0 aliphatic carbocycles. The molecular formula is C17H24N2O3. The molecule has 5 nitrogen and oxygen atoms in total. The Labute approximate surface area is 131 Å². The monoisotopic (exact) mass is 304 g/mol. The first-order valence-corrected chi connectivity index (χ1v) is 7.73. The normalized spacial score (nSPS) is 19.7. The molecule has 1 N–H and O–H groups in total. The van der Waals surface area contributed by atoms with Crippen LogP contribution in [0, 0.1) is 0 Å². The molecule has 1 amide bonds. The molecule has 0 bridgehead atoms. The van der Waals surface area contributed by atoms with E-state index in [0.717, 1.165) is 13.0 Å². The fourth-order valence-electron chi connectivity index (χ4n) is 2.65. The van der Waals surface area contributed by atoms with E-state index in [-0.39, 0.29) is 11.7 Å². The van der Waals surface area contributed by atoms with Crippen molar-refractivity contribution in [3.05, 3.63) is 29.8 Å². The summed E-state index contributed by atoms with van der Waals surface area (Å²) >= 11 is 0. The van der Waals surface area contributed by atoms with Crippen LogP contribution >= 0.6 is 0 Å². The SMILES string of the molecule is CC(=O)c1cccc(O[C@H](C)C(=O)NC[C@@H]2CCCN2C)c1. The molecular weight excluding hydrogens is 280 g/mol. The average Bonchev–Trinajstić information content (AvgIpc) is 2.90. The van der Waals surface area contributed by atoms with Crippen molar-refractivity contribution in [3.63, 3.8) is 0 Å². The second kappa shape index (κ2) is 7.40. The summed E-state index contributed by atoms with van der Waals surface area (Å²) in [7, 11) is 2.08. The van der Waals surface area contributed by atoms with Crippen LogP contribution in [0.5, 0.6) is 5.75 Å². The number of nitrogens with one attached hydrogen (secondary N) is 1. The fourth-order valence-corrected chi connectivity index (χ4v) is 2.65. The van der Waals surface area contributed by atoms with Gasteiger partial charge in [0.25, 0.3) is 5.91 Å². The Morgan fingerprint density at radius 1 is 1.45 bits per heavy atom. The lowest BCUT2D eigenvalue weighted by atomic mass is 10.1. The molecule has 2 atom stereocenters. The summed E-state index contributed by atoms with van der Waals surface area (Å²) in [5, 5.41) is 2.94. The van der Waals surface area contributed by atoms with Crippen LogP contribution in [0.25, 0.3) is 0 Å². The van der Waals surface area contributed by atoms with Gasteiger partial charge in [0.05, 0.1) is 0 Å². The molecule has 1 saturated heterocycles. The lowest BCUT2D eigenvalue weighted by Gasteiger charge is -2.21. The number of carbonyl (C=O) groups is 2. The molecule has 2 rings (SSSR count). The summed E-state index contributed by atoms with van der Waals surface area (Å²) in [5.41, 5.74) is 0.581. The van der Waals surface area contributed by atoms with Crippen LogP contribution in [0.4, 0.5) is 0 Å². The van der Waals surface area contributed by atoms with Gasteiger partial charge in [0.1, 0.15) is 5.75 Å². The van der Waals surface area contributed by atoms with Gasteiger partial charge < -0.3 is 15.0 Å². The third-order valence-corrected chi connectivity index (χ3v) is 4.11. The van der Waals surface area contributed by atoms with Gasteiger partial charge in [-0.3, -0.25) is 9.59 Å². The number of hydrogen-bond acceptors (Lipinski definition) is 4. The quantitative estimate of drug-likeness (QED) is 0.815. The molecule has 22 heavy (non-hydrogen) atoms. The standard InChI is InChI=1S/C17H24N2O3/c1-12(20)14-6-4-8-16(10-14)22-13(2)17(21)18-11-15-7-5-9-19(15)3/h4,6,8,10,13,15H,5,7,9,11H2,1-3H3,(H,18,21)/t13-,15+/m1/s1. The number of amides is 1. The Kier molecular flexibility index (Phi) is 5.55. The Morgan fingerprint density at radius 3 is 2.86 bits per heavy atom. The van der Waals surface area contributed by atoms with Crippen molar-refractivity contribution in [1.82, 2.24) is 10.2 Å². The molecule has 1 fully saturated rings. The maximum Gasteiger partial charge on any atom is 0.260 e. The second-order valence-electron chi connectivity index (χ2n) is 5.87. The highest BCUT2D eigenvalue weighted by molar-refractivity contribution is 5.94.